The molecule has 1 aliphatic rings. The fourth-order valence-corrected chi connectivity index (χ4v) is 6.63. The van der Waals surface area contributed by atoms with E-state index in [1.165, 1.54) is 16.6 Å². The zero-order chi connectivity index (χ0) is 24.9. The Bertz CT molecular complexity index is 971. The molecule has 2 unspecified atom stereocenters. The van der Waals surface area contributed by atoms with Crippen molar-refractivity contribution >= 4 is 34.9 Å². The second kappa shape index (κ2) is 11.4. The third kappa shape index (κ3) is 6.52. The standard InChI is InChI=1S/C28H38O4S2/c1-6-7-8-12-28(13-11-21-10-9-14-33-21)17-23(30)25(26(31)32-28)34-24-15-19(2)20(18-29)16-22(24)27(3,4)5/h9-10,14-16,25,29H,6-8,11-13,17-18H2,1-5H3. The van der Waals surface area contributed by atoms with E-state index in [4.69, 9.17) is 4.74 Å². The van der Waals surface area contributed by atoms with Crippen LogP contribution in [0.3, 0.4) is 0 Å². The van der Waals surface area contributed by atoms with Crippen LogP contribution in [0, 0.1) is 6.92 Å². The van der Waals surface area contributed by atoms with Crippen LogP contribution in [-0.4, -0.2) is 27.7 Å². The maximum Gasteiger partial charge on any atom is 0.327 e. The molecule has 0 bridgehead atoms. The molecule has 1 N–H and O–H groups in total. The Morgan fingerprint density at radius 1 is 1.21 bits per heavy atom. The zero-order valence-corrected chi connectivity index (χ0v) is 22.7. The fraction of sp³-hybridized carbons (Fsp3) is 0.571. The normalized spacial score (nSPS) is 21.1. The maximum atomic E-state index is 13.4. The van der Waals surface area contributed by atoms with Crippen molar-refractivity contribution in [3.63, 3.8) is 0 Å². The van der Waals surface area contributed by atoms with Crippen molar-refractivity contribution in [3.05, 3.63) is 51.2 Å². The average Bonchev–Trinajstić information content (AvgIpc) is 3.28. The number of ketones is 1. The summed E-state index contributed by atoms with van der Waals surface area (Å²) in [6.07, 6.45) is 5.62. The van der Waals surface area contributed by atoms with E-state index in [0.29, 0.717) is 6.42 Å². The first-order chi connectivity index (χ1) is 16.1. The number of carbonyl (C=O) groups is 2. The van der Waals surface area contributed by atoms with Crippen molar-refractivity contribution in [2.24, 2.45) is 0 Å². The van der Waals surface area contributed by atoms with Gasteiger partial charge < -0.3 is 9.84 Å². The largest absolute Gasteiger partial charge is 0.457 e. The van der Waals surface area contributed by atoms with Gasteiger partial charge in [-0.15, -0.1) is 23.1 Å². The second-order valence-corrected chi connectivity index (χ2v) is 12.6. The van der Waals surface area contributed by atoms with Gasteiger partial charge in [-0.1, -0.05) is 52.7 Å². The number of hydrogen-bond donors (Lipinski definition) is 1. The number of thioether (sulfide) groups is 1. The number of Topliss-reactive ketones (excluding diaryl/α,β-unsaturated/α-hetero) is 1. The molecule has 186 valence electrons. The summed E-state index contributed by atoms with van der Waals surface area (Å²) in [4.78, 5) is 28.9. The Balaban J connectivity index is 1.83. The van der Waals surface area contributed by atoms with Crippen molar-refractivity contribution in [3.8, 4) is 0 Å². The molecule has 1 aromatic heterocycles. The van der Waals surface area contributed by atoms with E-state index in [2.05, 4.69) is 39.1 Å². The number of rotatable bonds is 10. The lowest BCUT2D eigenvalue weighted by Crippen LogP contribution is -2.49. The van der Waals surface area contributed by atoms with Gasteiger partial charge in [0.2, 0.25) is 0 Å². The Kier molecular flexibility index (Phi) is 9.04. The highest BCUT2D eigenvalue weighted by Crippen LogP contribution is 2.42. The molecular weight excluding hydrogens is 464 g/mol. The van der Waals surface area contributed by atoms with Crippen LogP contribution in [0.2, 0.25) is 0 Å². The molecule has 2 atom stereocenters. The number of aliphatic hydroxyl groups excluding tert-OH is 1. The lowest BCUT2D eigenvalue weighted by atomic mass is 9.83. The van der Waals surface area contributed by atoms with Crippen LogP contribution in [0.1, 0.15) is 87.8 Å². The molecule has 4 nitrogen and oxygen atoms in total. The van der Waals surface area contributed by atoms with Gasteiger partial charge in [0.15, 0.2) is 11.0 Å². The number of carbonyl (C=O) groups excluding carboxylic acids is 2. The van der Waals surface area contributed by atoms with Gasteiger partial charge in [-0.3, -0.25) is 9.59 Å². The Hall–Kier alpha value is -1.63. The molecule has 6 heteroatoms. The number of hydrogen-bond acceptors (Lipinski definition) is 6. The summed E-state index contributed by atoms with van der Waals surface area (Å²) in [7, 11) is 0. The minimum Gasteiger partial charge on any atom is -0.457 e. The molecule has 2 heterocycles. The number of esters is 1. The van der Waals surface area contributed by atoms with Crippen molar-refractivity contribution in [1.82, 2.24) is 0 Å². The molecule has 0 radical (unpaired) electrons. The van der Waals surface area contributed by atoms with E-state index in [1.807, 2.05) is 25.1 Å². The van der Waals surface area contributed by atoms with Crippen molar-refractivity contribution in [2.45, 2.75) is 107 Å². The highest BCUT2D eigenvalue weighted by atomic mass is 32.2. The van der Waals surface area contributed by atoms with Gasteiger partial charge in [-0.2, -0.15) is 0 Å². The summed E-state index contributed by atoms with van der Waals surface area (Å²) in [6.45, 7) is 10.4. The van der Waals surface area contributed by atoms with E-state index in [0.717, 1.165) is 53.7 Å². The summed E-state index contributed by atoms with van der Waals surface area (Å²) in [5, 5.41) is 10.9. The van der Waals surface area contributed by atoms with E-state index in [1.54, 1.807) is 11.3 Å². The Morgan fingerprint density at radius 2 is 1.97 bits per heavy atom. The summed E-state index contributed by atoms with van der Waals surface area (Å²) < 4.78 is 6.16. The Morgan fingerprint density at radius 3 is 2.56 bits per heavy atom. The van der Waals surface area contributed by atoms with Crippen LogP contribution in [-0.2, 0) is 32.8 Å². The third-order valence-corrected chi connectivity index (χ3v) is 8.84. The minimum absolute atomic E-state index is 0.0330. The van der Waals surface area contributed by atoms with Gasteiger partial charge in [0.05, 0.1) is 6.61 Å². The molecule has 3 rings (SSSR count). The smallest absolute Gasteiger partial charge is 0.327 e. The second-order valence-electron chi connectivity index (χ2n) is 10.5. The lowest BCUT2D eigenvalue weighted by molar-refractivity contribution is -0.171. The molecule has 0 spiro atoms. The number of benzene rings is 1. The molecule has 0 saturated carbocycles. The molecule has 1 saturated heterocycles. The van der Waals surface area contributed by atoms with Crippen LogP contribution in [0.5, 0.6) is 0 Å². The van der Waals surface area contributed by atoms with E-state index in [9.17, 15) is 14.7 Å². The van der Waals surface area contributed by atoms with Crippen LogP contribution in [0.4, 0.5) is 0 Å². The van der Waals surface area contributed by atoms with Gasteiger partial charge in [-0.25, -0.2) is 0 Å². The predicted octanol–water partition coefficient (Wildman–Crippen LogP) is 6.77. The topological polar surface area (TPSA) is 63.6 Å². The quantitative estimate of drug-likeness (QED) is 0.220. The zero-order valence-electron chi connectivity index (χ0n) is 21.1. The highest BCUT2D eigenvalue weighted by molar-refractivity contribution is 8.01. The molecule has 0 aliphatic carbocycles. The molecule has 0 amide bonds. The van der Waals surface area contributed by atoms with E-state index < -0.39 is 16.8 Å². The van der Waals surface area contributed by atoms with Crippen LogP contribution in [0.25, 0.3) is 0 Å². The number of cyclic esters (lactones) is 1. The Labute approximate surface area is 212 Å². The SMILES string of the molecule is CCCCCC1(CCc2cccs2)CC(=O)C(Sc2cc(C)c(CO)cc2C(C)(C)C)C(=O)O1. The monoisotopic (exact) mass is 502 g/mol. The molecule has 1 aliphatic heterocycles. The summed E-state index contributed by atoms with van der Waals surface area (Å²) >= 11 is 3.01. The van der Waals surface area contributed by atoms with Crippen LogP contribution < -0.4 is 0 Å². The van der Waals surface area contributed by atoms with Crippen molar-refractivity contribution in [2.75, 3.05) is 0 Å². The number of aliphatic hydroxyl groups is 1. The minimum atomic E-state index is -0.846. The van der Waals surface area contributed by atoms with Gasteiger partial charge >= 0.3 is 5.97 Å². The number of ether oxygens (including phenoxy) is 1. The van der Waals surface area contributed by atoms with E-state index in [-0.39, 0.29) is 24.2 Å². The van der Waals surface area contributed by atoms with Gasteiger partial charge in [0, 0.05) is 16.2 Å². The fourth-order valence-electron chi connectivity index (χ4n) is 4.57. The number of thiophene rings is 1. The molecular formula is C28H38O4S2. The van der Waals surface area contributed by atoms with E-state index >= 15 is 0 Å². The summed E-state index contributed by atoms with van der Waals surface area (Å²) in [6, 6.07) is 8.14. The summed E-state index contributed by atoms with van der Waals surface area (Å²) in [5.74, 6) is -0.444. The number of unbranched alkanes of at least 4 members (excludes halogenated alkanes) is 2. The van der Waals surface area contributed by atoms with Gasteiger partial charge in [0.25, 0.3) is 0 Å². The molecule has 34 heavy (non-hydrogen) atoms. The molecule has 1 aromatic carbocycles. The third-order valence-electron chi connectivity index (χ3n) is 6.62. The summed E-state index contributed by atoms with van der Waals surface area (Å²) in [5.41, 5.74) is 1.97. The van der Waals surface area contributed by atoms with Crippen molar-refractivity contribution < 1.29 is 19.4 Å². The first-order valence-corrected chi connectivity index (χ1v) is 14.0. The average molecular weight is 503 g/mol. The molecule has 1 fully saturated rings. The molecule has 2 aromatic rings. The first kappa shape index (κ1) is 27.0. The first-order valence-electron chi connectivity index (χ1n) is 12.3. The lowest BCUT2D eigenvalue weighted by Gasteiger charge is -2.39. The van der Waals surface area contributed by atoms with Gasteiger partial charge in [-0.05, 0) is 72.2 Å². The van der Waals surface area contributed by atoms with Gasteiger partial charge in [0.1, 0.15) is 5.60 Å². The maximum absolute atomic E-state index is 13.4. The number of aryl methyl sites for hydroxylation is 2. The van der Waals surface area contributed by atoms with Crippen LogP contribution in [0.15, 0.2) is 34.5 Å². The highest BCUT2D eigenvalue weighted by Gasteiger charge is 2.47. The van der Waals surface area contributed by atoms with Crippen LogP contribution >= 0.6 is 23.1 Å². The van der Waals surface area contributed by atoms with Crippen molar-refractivity contribution in [1.29, 1.82) is 0 Å². The predicted molar refractivity (Wildman–Crippen MR) is 141 cm³/mol.